The second kappa shape index (κ2) is 15.8. The van der Waals surface area contributed by atoms with Gasteiger partial charge in [0.1, 0.15) is 17.3 Å². The van der Waals surface area contributed by atoms with Crippen LogP contribution in [0.25, 0.3) is 11.1 Å². The lowest BCUT2D eigenvalue weighted by atomic mass is 10.0. The highest BCUT2D eigenvalue weighted by Crippen LogP contribution is 2.24. The van der Waals surface area contributed by atoms with Gasteiger partial charge < -0.3 is 18.9 Å². The van der Waals surface area contributed by atoms with E-state index in [4.69, 9.17) is 18.9 Å². The van der Waals surface area contributed by atoms with Crippen molar-refractivity contribution in [1.29, 1.82) is 0 Å². The van der Waals surface area contributed by atoms with E-state index in [2.05, 4.69) is 6.58 Å². The van der Waals surface area contributed by atoms with Crippen molar-refractivity contribution < 1.29 is 33.3 Å². The van der Waals surface area contributed by atoms with Gasteiger partial charge in [-0.1, -0.05) is 49.0 Å². The third kappa shape index (κ3) is 9.34. The van der Waals surface area contributed by atoms with Crippen molar-refractivity contribution in [2.75, 3.05) is 13.2 Å². The number of unbranched alkanes of at least 4 members (excludes halogenated alkanes) is 3. The molecular weight excluding hydrogens is 532 g/mol. The standard InChI is InChI=1S/C35H34O7/c1-2-33(36)40-25-9-4-3-8-24-39-30-18-16-29(17-19-30)35(38)42-32-22-20-31(21-23-32)41-34(37)28-14-12-27(13-15-28)26-10-6-5-7-11-26/h2,5-7,10-20,22H,1,3-4,8-9,21,23-25H2. The van der Waals surface area contributed by atoms with Crippen LogP contribution in [0.4, 0.5) is 0 Å². The molecule has 0 spiro atoms. The van der Waals surface area contributed by atoms with Gasteiger partial charge in [-0.15, -0.1) is 0 Å². The molecule has 216 valence electrons. The molecule has 0 N–H and O–H groups in total. The fourth-order valence-corrected chi connectivity index (χ4v) is 4.22. The molecule has 0 bridgehead atoms. The van der Waals surface area contributed by atoms with Gasteiger partial charge >= 0.3 is 17.9 Å². The van der Waals surface area contributed by atoms with E-state index in [0.717, 1.165) is 42.9 Å². The molecule has 0 aromatic heterocycles. The molecule has 0 unspecified atom stereocenters. The van der Waals surface area contributed by atoms with E-state index < -0.39 is 17.9 Å². The molecule has 0 atom stereocenters. The lowest BCUT2D eigenvalue weighted by molar-refractivity contribution is -0.137. The molecule has 3 aromatic carbocycles. The number of hydrogen-bond donors (Lipinski definition) is 0. The summed E-state index contributed by atoms with van der Waals surface area (Å²) in [5, 5.41) is 0. The predicted octanol–water partition coefficient (Wildman–Crippen LogP) is 7.60. The SMILES string of the molecule is C=CC(=O)OCCCCCCOc1ccc(C(=O)OC2=CC=C(OC(=O)c3ccc(-c4ccccc4)cc3)CC2)cc1. The van der Waals surface area contributed by atoms with Crippen LogP contribution in [0.3, 0.4) is 0 Å². The molecule has 0 aliphatic heterocycles. The molecule has 0 radical (unpaired) electrons. The third-order valence-corrected chi connectivity index (χ3v) is 6.56. The molecule has 0 saturated carbocycles. The molecule has 42 heavy (non-hydrogen) atoms. The minimum absolute atomic E-state index is 0.396. The lowest BCUT2D eigenvalue weighted by Crippen LogP contribution is -2.10. The van der Waals surface area contributed by atoms with Gasteiger partial charge in [0.15, 0.2) is 0 Å². The Morgan fingerprint density at radius 2 is 1.17 bits per heavy atom. The van der Waals surface area contributed by atoms with Crippen LogP contribution in [0, 0.1) is 0 Å². The summed E-state index contributed by atoms with van der Waals surface area (Å²) in [6.07, 6.45) is 8.94. The summed E-state index contributed by atoms with van der Waals surface area (Å²) in [5.41, 5.74) is 2.98. The first kappa shape index (κ1) is 30.1. The predicted molar refractivity (Wildman–Crippen MR) is 160 cm³/mol. The Kier molecular flexibility index (Phi) is 11.3. The van der Waals surface area contributed by atoms with Gasteiger partial charge in [-0.25, -0.2) is 14.4 Å². The highest BCUT2D eigenvalue weighted by Gasteiger charge is 2.17. The van der Waals surface area contributed by atoms with E-state index in [1.54, 1.807) is 48.6 Å². The van der Waals surface area contributed by atoms with E-state index in [0.29, 0.717) is 54.5 Å². The molecule has 0 saturated heterocycles. The number of benzene rings is 3. The number of allylic oxidation sites excluding steroid dienone is 4. The van der Waals surface area contributed by atoms with E-state index in [1.807, 2.05) is 42.5 Å². The normalized spacial score (nSPS) is 12.4. The maximum Gasteiger partial charge on any atom is 0.343 e. The molecule has 0 fully saturated rings. The molecule has 0 heterocycles. The highest BCUT2D eigenvalue weighted by atomic mass is 16.5. The first-order valence-corrected chi connectivity index (χ1v) is 14.0. The molecule has 1 aliphatic rings. The molecule has 7 nitrogen and oxygen atoms in total. The number of ether oxygens (including phenoxy) is 4. The van der Waals surface area contributed by atoms with Crippen LogP contribution in [-0.2, 0) is 19.0 Å². The van der Waals surface area contributed by atoms with Gasteiger partial charge in [-0.2, -0.15) is 0 Å². The fraction of sp³-hybridized carbons (Fsp3) is 0.229. The van der Waals surface area contributed by atoms with Crippen LogP contribution in [-0.4, -0.2) is 31.1 Å². The Morgan fingerprint density at radius 3 is 1.71 bits per heavy atom. The van der Waals surface area contributed by atoms with Crippen LogP contribution in [0.15, 0.2) is 115 Å². The molecule has 4 rings (SSSR count). The van der Waals surface area contributed by atoms with Gasteiger partial charge in [0, 0.05) is 18.9 Å². The van der Waals surface area contributed by atoms with Crippen LogP contribution < -0.4 is 4.74 Å². The van der Waals surface area contributed by atoms with Gasteiger partial charge in [-0.3, -0.25) is 0 Å². The summed E-state index contributed by atoms with van der Waals surface area (Å²) in [4.78, 5) is 36.2. The van der Waals surface area contributed by atoms with Crippen molar-refractivity contribution in [3.05, 3.63) is 126 Å². The first-order chi connectivity index (χ1) is 20.5. The quantitative estimate of drug-likeness (QED) is 0.0859. The number of hydrogen-bond acceptors (Lipinski definition) is 7. The lowest BCUT2D eigenvalue weighted by Gasteiger charge is -2.15. The van der Waals surface area contributed by atoms with Crippen molar-refractivity contribution in [3.63, 3.8) is 0 Å². The topological polar surface area (TPSA) is 88.1 Å². The molecule has 0 amide bonds. The molecular formula is C35H34O7. The molecule has 3 aromatic rings. The minimum atomic E-state index is -0.461. The largest absolute Gasteiger partial charge is 0.494 e. The zero-order valence-corrected chi connectivity index (χ0v) is 23.5. The van der Waals surface area contributed by atoms with E-state index in [9.17, 15) is 14.4 Å². The fourth-order valence-electron chi connectivity index (χ4n) is 4.22. The van der Waals surface area contributed by atoms with Crippen molar-refractivity contribution in [1.82, 2.24) is 0 Å². The summed E-state index contributed by atoms with van der Waals surface area (Å²) in [6, 6.07) is 24.1. The third-order valence-electron chi connectivity index (χ3n) is 6.56. The van der Waals surface area contributed by atoms with E-state index in [-0.39, 0.29) is 0 Å². The van der Waals surface area contributed by atoms with Crippen molar-refractivity contribution in [2.45, 2.75) is 38.5 Å². The molecule has 7 heteroatoms. The number of esters is 3. The number of carbonyl (C=O) groups is 3. The smallest absolute Gasteiger partial charge is 0.343 e. The summed E-state index contributed by atoms with van der Waals surface area (Å²) in [5.74, 6) is 0.414. The van der Waals surface area contributed by atoms with Crippen molar-refractivity contribution in [3.8, 4) is 16.9 Å². The van der Waals surface area contributed by atoms with Crippen molar-refractivity contribution in [2.24, 2.45) is 0 Å². The zero-order valence-electron chi connectivity index (χ0n) is 23.5. The Morgan fingerprint density at radius 1 is 0.643 bits per heavy atom. The summed E-state index contributed by atoms with van der Waals surface area (Å²) in [6.45, 7) is 4.32. The Bertz CT molecular complexity index is 1420. The minimum Gasteiger partial charge on any atom is -0.494 e. The second-order valence-electron chi connectivity index (χ2n) is 9.65. The summed E-state index contributed by atoms with van der Waals surface area (Å²) in [7, 11) is 0. The maximum atomic E-state index is 12.6. The highest BCUT2D eigenvalue weighted by molar-refractivity contribution is 5.91. The Labute approximate surface area is 246 Å². The van der Waals surface area contributed by atoms with Crippen molar-refractivity contribution >= 4 is 17.9 Å². The van der Waals surface area contributed by atoms with Gasteiger partial charge in [-0.05, 0) is 85.4 Å². The van der Waals surface area contributed by atoms with Gasteiger partial charge in [0.2, 0.25) is 0 Å². The number of carbonyl (C=O) groups excluding carboxylic acids is 3. The summed E-state index contributed by atoms with van der Waals surface area (Å²) >= 11 is 0. The van der Waals surface area contributed by atoms with E-state index in [1.165, 1.54) is 0 Å². The second-order valence-corrected chi connectivity index (χ2v) is 9.65. The van der Waals surface area contributed by atoms with E-state index >= 15 is 0 Å². The Balaban J connectivity index is 1.17. The van der Waals surface area contributed by atoms with Gasteiger partial charge in [0.05, 0.1) is 24.3 Å². The first-order valence-electron chi connectivity index (χ1n) is 14.0. The maximum absolute atomic E-state index is 12.6. The van der Waals surface area contributed by atoms with Gasteiger partial charge in [0.25, 0.3) is 0 Å². The average Bonchev–Trinajstić information content (AvgIpc) is 3.03. The van der Waals surface area contributed by atoms with Crippen LogP contribution >= 0.6 is 0 Å². The zero-order chi connectivity index (χ0) is 29.6. The molecule has 1 aliphatic carbocycles. The summed E-state index contributed by atoms with van der Waals surface area (Å²) < 4.78 is 21.8. The average molecular weight is 567 g/mol. The monoisotopic (exact) mass is 566 g/mol. The number of rotatable bonds is 14. The Hall–Kier alpha value is -4.91. The van der Waals surface area contributed by atoms with Crippen LogP contribution in [0.2, 0.25) is 0 Å². The van der Waals surface area contributed by atoms with Crippen LogP contribution in [0.5, 0.6) is 5.75 Å². The van der Waals surface area contributed by atoms with Crippen LogP contribution in [0.1, 0.15) is 59.2 Å².